The molecule has 1 aromatic rings. The molecule has 1 N–H and O–H groups in total. The molecule has 2 rings (SSSR count). The molecule has 1 unspecified atom stereocenters. The van der Waals surface area contributed by atoms with Gasteiger partial charge in [0, 0.05) is 6.07 Å². The fourth-order valence-corrected chi connectivity index (χ4v) is 4.22. The van der Waals surface area contributed by atoms with Crippen LogP contribution in [0.3, 0.4) is 0 Å². The number of carbonyl (C=O) groups excluding carboxylic acids is 1. The minimum absolute atomic E-state index is 0.00429. The van der Waals surface area contributed by atoms with Crippen LogP contribution in [0, 0.1) is 11.6 Å². The molecule has 1 amide bonds. The predicted octanol–water partition coefficient (Wildman–Crippen LogP) is 1.27. The summed E-state index contributed by atoms with van der Waals surface area (Å²) in [5, 5.41) is 2.51. The van der Waals surface area contributed by atoms with Crippen molar-refractivity contribution in [2.24, 2.45) is 0 Å². The minimum Gasteiger partial charge on any atom is -0.346 e. The Morgan fingerprint density at radius 3 is 2.58 bits per heavy atom. The molecule has 1 aliphatic heterocycles. The molecule has 1 heterocycles. The summed E-state index contributed by atoms with van der Waals surface area (Å²) in [5.74, 6) is -2.66. The molecule has 0 spiro atoms. The van der Waals surface area contributed by atoms with Gasteiger partial charge in [0.1, 0.15) is 11.6 Å². The molecule has 4 nitrogen and oxygen atoms in total. The molecule has 19 heavy (non-hydrogen) atoms. The first-order valence-electron chi connectivity index (χ1n) is 5.69. The number of rotatable bonds is 2. The summed E-state index contributed by atoms with van der Waals surface area (Å²) in [4.78, 5) is 11.9. The molecule has 0 aromatic heterocycles. The Morgan fingerprint density at radius 1 is 1.37 bits per heavy atom. The number of benzene rings is 1. The van der Waals surface area contributed by atoms with Crippen molar-refractivity contribution >= 4 is 15.7 Å². The van der Waals surface area contributed by atoms with Crippen molar-refractivity contribution in [1.82, 2.24) is 5.32 Å². The van der Waals surface area contributed by atoms with Crippen LogP contribution >= 0.6 is 0 Å². The van der Waals surface area contributed by atoms with E-state index in [1.807, 2.05) is 0 Å². The first kappa shape index (κ1) is 13.9. The SMILES string of the molecule is CC1(NC(=O)c2ccc(F)cc2F)CCS(=O)(=O)C1. The summed E-state index contributed by atoms with van der Waals surface area (Å²) in [6, 6.07) is 2.63. The van der Waals surface area contributed by atoms with Crippen molar-refractivity contribution in [2.45, 2.75) is 18.9 Å². The molecule has 7 heteroatoms. The molecule has 0 aliphatic carbocycles. The Kier molecular flexibility index (Phi) is 3.34. The average molecular weight is 289 g/mol. The van der Waals surface area contributed by atoms with Crippen LogP contribution in [0.25, 0.3) is 0 Å². The molecule has 0 saturated carbocycles. The van der Waals surface area contributed by atoms with E-state index in [0.29, 0.717) is 6.07 Å². The zero-order valence-electron chi connectivity index (χ0n) is 10.2. The van der Waals surface area contributed by atoms with Gasteiger partial charge in [-0.3, -0.25) is 4.79 Å². The molecule has 1 saturated heterocycles. The van der Waals surface area contributed by atoms with Gasteiger partial charge in [-0.25, -0.2) is 17.2 Å². The maximum absolute atomic E-state index is 13.4. The number of carbonyl (C=O) groups is 1. The number of hydrogen-bond acceptors (Lipinski definition) is 3. The predicted molar refractivity (Wildman–Crippen MR) is 65.5 cm³/mol. The summed E-state index contributed by atoms with van der Waals surface area (Å²) in [7, 11) is -3.17. The van der Waals surface area contributed by atoms with E-state index < -0.39 is 32.9 Å². The third-order valence-corrected chi connectivity index (χ3v) is 5.00. The molecule has 104 valence electrons. The molecular weight excluding hydrogens is 276 g/mol. The van der Waals surface area contributed by atoms with Crippen molar-refractivity contribution in [3.8, 4) is 0 Å². The van der Waals surface area contributed by atoms with Gasteiger partial charge in [0.2, 0.25) is 0 Å². The highest BCUT2D eigenvalue weighted by Gasteiger charge is 2.39. The van der Waals surface area contributed by atoms with Crippen LogP contribution < -0.4 is 5.32 Å². The van der Waals surface area contributed by atoms with Gasteiger partial charge < -0.3 is 5.32 Å². The monoisotopic (exact) mass is 289 g/mol. The Hall–Kier alpha value is -1.50. The molecule has 1 aromatic carbocycles. The lowest BCUT2D eigenvalue weighted by Gasteiger charge is -2.23. The van der Waals surface area contributed by atoms with Crippen LogP contribution in [0.2, 0.25) is 0 Å². The number of amides is 1. The van der Waals surface area contributed by atoms with Gasteiger partial charge in [-0.2, -0.15) is 0 Å². The van der Waals surface area contributed by atoms with Gasteiger partial charge in [0.05, 0.1) is 22.6 Å². The summed E-state index contributed by atoms with van der Waals surface area (Å²) in [6.45, 7) is 1.59. The maximum atomic E-state index is 13.4. The van der Waals surface area contributed by atoms with Crippen LogP contribution in [0.5, 0.6) is 0 Å². The Balaban J connectivity index is 2.18. The zero-order valence-corrected chi connectivity index (χ0v) is 11.1. The normalized spacial score (nSPS) is 25.2. The molecule has 1 fully saturated rings. The van der Waals surface area contributed by atoms with Gasteiger partial charge in [-0.1, -0.05) is 0 Å². The van der Waals surface area contributed by atoms with E-state index in [1.165, 1.54) is 0 Å². The molecule has 1 atom stereocenters. The lowest BCUT2D eigenvalue weighted by Crippen LogP contribution is -2.47. The minimum atomic E-state index is -3.17. The van der Waals surface area contributed by atoms with Crippen molar-refractivity contribution in [3.05, 3.63) is 35.4 Å². The fraction of sp³-hybridized carbons (Fsp3) is 0.417. The van der Waals surface area contributed by atoms with Gasteiger partial charge in [-0.05, 0) is 25.5 Å². The summed E-state index contributed by atoms with van der Waals surface area (Å²) < 4.78 is 49.0. The fourth-order valence-electron chi connectivity index (χ4n) is 2.12. The zero-order chi connectivity index (χ0) is 14.3. The molecule has 0 radical (unpaired) electrons. The topological polar surface area (TPSA) is 63.2 Å². The first-order chi connectivity index (χ1) is 8.71. The van der Waals surface area contributed by atoms with E-state index in [-0.39, 0.29) is 23.5 Å². The van der Waals surface area contributed by atoms with Crippen molar-refractivity contribution in [3.63, 3.8) is 0 Å². The van der Waals surface area contributed by atoms with Gasteiger partial charge in [0.25, 0.3) is 5.91 Å². The lowest BCUT2D eigenvalue weighted by molar-refractivity contribution is 0.0911. The number of hydrogen-bond donors (Lipinski definition) is 1. The maximum Gasteiger partial charge on any atom is 0.254 e. The van der Waals surface area contributed by atoms with E-state index in [2.05, 4.69) is 5.32 Å². The summed E-state index contributed by atoms with van der Waals surface area (Å²) >= 11 is 0. The quantitative estimate of drug-likeness (QED) is 0.892. The van der Waals surface area contributed by atoms with E-state index in [4.69, 9.17) is 0 Å². The van der Waals surface area contributed by atoms with E-state index in [1.54, 1.807) is 6.92 Å². The molecular formula is C12H13F2NO3S. The first-order valence-corrected chi connectivity index (χ1v) is 7.51. The Labute approximate surface area is 109 Å². The van der Waals surface area contributed by atoms with Crippen molar-refractivity contribution in [2.75, 3.05) is 11.5 Å². The van der Waals surface area contributed by atoms with Crippen LogP contribution in [0.15, 0.2) is 18.2 Å². The summed E-state index contributed by atoms with van der Waals surface area (Å²) in [6.07, 6.45) is 0.282. The van der Waals surface area contributed by atoms with Gasteiger partial charge >= 0.3 is 0 Å². The smallest absolute Gasteiger partial charge is 0.254 e. The Morgan fingerprint density at radius 2 is 2.05 bits per heavy atom. The number of nitrogens with one attached hydrogen (secondary N) is 1. The van der Waals surface area contributed by atoms with Gasteiger partial charge in [-0.15, -0.1) is 0 Å². The molecule has 0 bridgehead atoms. The number of sulfone groups is 1. The Bertz CT molecular complexity index is 630. The average Bonchev–Trinajstić information content (AvgIpc) is 2.52. The van der Waals surface area contributed by atoms with Crippen LogP contribution in [-0.2, 0) is 9.84 Å². The largest absolute Gasteiger partial charge is 0.346 e. The van der Waals surface area contributed by atoms with Crippen LogP contribution in [0.4, 0.5) is 8.78 Å². The highest BCUT2D eigenvalue weighted by Crippen LogP contribution is 2.23. The highest BCUT2D eigenvalue weighted by atomic mass is 32.2. The highest BCUT2D eigenvalue weighted by molar-refractivity contribution is 7.91. The third-order valence-electron chi connectivity index (χ3n) is 3.09. The second-order valence-corrected chi connectivity index (χ2v) is 7.17. The summed E-state index contributed by atoms with van der Waals surface area (Å²) in [5.41, 5.74) is -1.21. The van der Waals surface area contributed by atoms with Crippen molar-refractivity contribution < 1.29 is 22.0 Å². The van der Waals surface area contributed by atoms with Gasteiger partial charge in [0.15, 0.2) is 9.84 Å². The van der Waals surface area contributed by atoms with E-state index in [0.717, 1.165) is 12.1 Å². The van der Waals surface area contributed by atoms with E-state index >= 15 is 0 Å². The lowest BCUT2D eigenvalue weighted by atomic mass is 10.0. The standard InChI is InChI=1S/C12H13F2NO3S/c1-12(4-5-19(17,18)7-12)15-11(16)9-3-2-8(13)6-10(9)14/h2-3,6H,4-5,7H2,1H3,(H,15,16). The van der Waals surface area contributed by atoms with E-state index in [9.17, 15) is 22.0 Å². The molecule has 1 aliphatic rings. The van der Waals surface area contributed by atoms with Crippen LogP contribution in [0.1, 0.15) is 23.7 Å². The van der Waals surface area contributed by atoms with Crippen LogP contribution in [-0.4, -0.2) is 31.4 Å². The number of halogens is 2. The second kappa shape index (κ2) is 4.56. The van der Waals surface area contributed by atoms with Crippen molar-refractivity contribution in [1.29, 1.82) is 0 Å². The second-order valence-electron chi connectivity index (χ2n) is 4.98. The third kappa shape index (κ3) is 3.09.